The van der Waals surface area contributed by atoms with Crippen LogP contribution in [0, 0.1) is 18.3 Å². The van der Waals surface area contributed by atoms with Gasteiger partial charge in [0.2, 0.25) is 17.6 Å². The highest BCUT2D eigenvalue weighted by atomic mass is 35.5. The zero-order valence-electron chi connectivity index (χ0n) is 18.6. The average Bonchev–Trinajstić information content (AvgIpc) is 3.44. The van der Waals surface area contributed by atoms with Crippen LogP contribution in [0.25, 0.3) is 11.4 Å². The molecular formula is C24H19ClN6O4. The van der Waals surface area contributed by atoms with E-state index in [0.717, 1.165) is 16.7 Å². The van der Waals surface area contributed by atoms with Gasteiger partial charge < -0.3 is 14.7 Å². The van der Waals surface area contributed by atoms with Crippen LogP contribution in [0.1, 0.15) is 45.5 Å². The van der Waals surface area contributed by atoms with Gasteiger partial charge in [-0.15, -0.1) is 0 Å². The first-order valence-corrected chi connectivity index (χ1v) is 11.3. The summed E-state index contributed by atoms with van der Waals surface area (Å²) in [6.45, 7) is 2.45. The number of rotatable bonds is 5. The molecule has 5 rings (SSSR count). The molecule has 3 heterocycles. The Kier molecular flexibility index (Phi) is 5.70. The fourth-order valence-corrected chi connectivity index (χ4v) is 4.44. The predicted octanol–water partition coefficient (Wildman–Crippen LogP) is 2.94. The van der Waals surface area contributed by atoms with Crippen molar-refractivity contribution in [3.63, 3.8) is 0 Å². The lowest BCUT2D eigenvalue weighted by atomic mass is 10.0. The summed E-state index contributed by atoms with van der Waals surface area (Å²) in [5.74, 6) is -0.737. The highest BCUT2D eigenvalue weighted by molar-refractivity contribution is 6.31. The number of amides is 3. The van der Waals surface area contributed by atoms with Crippen LogP contribution >= 0.6 is 11.6 Å². The minimum absolute atomic E-state index is 0.169. The number of hydrogen-bond donors (Lipinski definition) is 2. The van der Waals surface area contributed by atoms with E-state index >= 15 is 0 Å². The fraction of sp³-hybridized carbons (Fsp3) is 0.250. The molecule has 1 fully saturated rings. The third kappa shape index (κ3) is 4.22. The topological polar surface area (TPSA) is 141 Å². The van der Waals surface area contributed by atoms with Gasteiger partial charge in [-0.25, -0.2) is 0 Å². The Labute approximate surface area is 204 Å². The van der Waals surface area contributed by atoms with Crippen molar-refractivity contribution in [2.75, 3.05) is 5.32 Å². The van der Waals surface area contributed by atoms with Crippen molar-refractivity contribution in [2.24, 2.45) is 0 Å². The number of carbonyl (C=O) groups excluding carboxylic acids is 3. The lowest BCUT2D eigenvalue weighted by Crippen LogP contribution is -2.52. The van der Waals surface area contributed by atoms with E-state index in [-0.39, 0.29) is 30.1 Å². The van der Waals surface area contributed by atoms with Gasteiger partial charge in [0.05, 0.1) is 11.6 Å². The van der Waals surface area contributed by atoms with Crippen LogP contribution in [0.3, 0.4) is 0 Å². The number of nitrogens with zero attached hydrogens (tertiary/aromatic N) is 4. The van der Waals surface area contributed by atoms with Gasteiger partial charge in [0.1, 0.15) is 6.04 Å². The van der Waals surface area contributed by atoms with Crippen molar-refractivity contribution in [1.82, 2.24) is 20.4 Å². The van der Waals surface area contributed by atoms with E-state index < -0.39 is 11.9 Å². The van der Waals surface area contributed by atoms with E-state index in [2.05, 4.69) is 26.8 Å². The number of aryl methyl sites for hydroxylation is 1. The summed E-state index contributed by atoms with van der Waals surface area (Å²) in [5.41, 5.74) is 3.86. The molecule has 1 aromatic heterocycles. The quantitative estimate of drug-likeness (QED) is 0.520. The van der Waals surface area contributed by atoms with Crippen LogP contribution < -0.4 is 10.6 Å². The highest BCUT2D eigenvalue weighted by Gasteiger charge is 2.39. The molecule has 0 bridgehead atoms. The van der Waals surface area contributed by atoms with E-state index in [0.29, 0.717) is 41.2 Å². The summed E-state index contributed by atoms with van der Waals surface area (Å²) in [7, 11) is 0. The maximum Gasteiger partial charge on any atom is 0.322 e. The second-order valence-corrected chi connectivity index (χ2v) is 8.83. The molecule has 10 nitrogen and oxygen atoms in total. The summed E-state index contributed by atoms with van der Waals surface area (Å²) in [6.07, 6.45) is 0.528. The SMILES string of the molecule is Cc1cc(C#N)c(-c2noc(NCc3ccc4c(c3)CN(C3CCC(=O)NC3=O)C4=O)n2)cc1Cl. The standard InChI is InChI=1S/C24H19ClN6O4/c1-12-6-14(9-26)17(8-18(12)25)21-29-24(35-30-21)27-10-13-2-3-16-15(7-13)11-31(23(16)34)19-4-5-20(32)28-22(19)33/h2-3,6-8,19H,4-5,10-11H2,1H3,(H,27,29,30)(H,28,32,33). The number of anilines is 1. The first-order chi connectivity index (χ1) is 16.8. The summed E-state index contributed by atoms with van der Waals surface area (Å²) in [5, 5.41) is 19.2. The second-order valence-electron chi connectivity index (χ2n) is 8.43. The van der Waals surface area contributed by atoms with Gasteiger partial charge in [0.15, 0.2) is 0 Å². The number of imide groups is 1. The monoisotopic (exact) mass is 490 g/mol. The molecule has 176 valence electrons. The van der Waals surface area contributed by atoms with Crippen molar-refractivity contribution >= 4 is 35.3 Å². The minimum atomic E-state index is -0.653. The largest absolute Gasteiger partial charge is 0.334 e. The zero-order valence-corrected chi connectivity index (χ0v) is 19.3. The van der Waals surface area contributed by atoms with Crippen LogP contribution in [-0.4, -0.2) is 38.8 Å². The molecule has 1 atom stereocenters. The number of hydrogen-bond acceptors (Lipinski definition) is 8. The Morgan fingerprint density at radius 1 is 1.26 bits per heavy atom. The van der Waals surface area contributed by atoms with E-state index in [1.807, 2.05) is 19.1 Å². The summed E-state index contributed by atoms with van der Waals surface area (Å²) in [4.78, 5) is 42.3. The van der Waals surface area contributed by atoms with Crippen molar-refractivity contribution < 1.29 is 18.9 Å². The van der Waals surface area contributed by atoms with Gasteiger partial charge >= 0.3 is 6.01 Å². The van der Waals surface area contributed by atoms with Gasteiger partial charge in [-0.1, -0.05) is 28.9 Å². The number of carbonyl (C=O) groups is 3. The van der Waals surface area contributed by atoms with E-state index in [9.17, 15) is 19.6 Å². The van der Waals surface area contributed by atoms with Crippen LogP contribution in [0.4, 0.5) is 6.01 Å². The molecule has 0 spiro atoms. The van der Waals surface area contributed by atoms with E-state index in [4.69, 9.17) is 16.1 Å². The molecule has 0 aliphatic carbocycles. The number of aromatic nitrogens is 2. The number of halogens is 1. The van der Waals surface area contributed by atoms with E-state index in [1.165, 1.54) is 4.90 Å². The molecule has 2 aromatic carbocycles. The summed E-state index contributed by atoms with van der Waals surface area (Å²) < 4.78 is 5.28. The van der Waals surface area contributed by atoms with Crippen molar-refractivity contribution in [3.8, 4) is 17.5 Å². The maximum atomic E-state index is 12.8. The van der Waals surface area contributed by atoms with Gasteiger partial charge in [-0.3, -0.25) is 19.7 Å². The average molecular weight is 491 g/mol. The van der Waals surface area contributed by atoms with Gasteiger partial charge in [-0.05, 0) is 48.2 Å². The van der Waals surface area contributed by atoms with Crippen LogP contribution in [0.2, 0.25) is 5.02 Å². The number of nitrogens with one attached hydrogen (secondary N) is 2. The lowest BCUT2D eigenvalue weighted by Gasteiger charge is -2.29. The second kappa shape index (κ2) is 8.85. The predicted molar refractivity (Wildman–Crippen MR) is 124 cm³/mol. The summed E-state index contributed by atoms with van der Waals surface area (Å²) >= 11 is 6.20. The van der Waals surface area contributed by atoms with Crippen molar-refractivity contribution in [2.45, 2.75) is 38.9 Å². The molecule has 2 aliphatic heterocycles. The fourth-order valence-electron chi connectivity index (χ4n) is 4.28. The van der Waals surface area contributed by atoms with E-state index in [1.54, 1.807) is 18.2 Å². The van der Waals surface area contributed by atoms with Gasteiger partial charge in [0.25, 0.3) is 5.91 Å². The Balaban J connectivity index is 1.28. The zero-order chi connectivity index (χ0) is 24.7. The third-order valence-corrected chi connectivity index (χ3v) is 6.53. The number of nitriles is 1. The van der Waals surface area contributed by atoms with Crippen LogP contribution in [0.5, 0.6) is 0 Å². The first kappa shape index (κ1) is 22.6. The maximum absolute atomic E-state index is 12.8. The molecule has 1 saturated heterocycles. The Hall–Kier alpha value is -4.23. The number of benzene rings is 2. The Morgan fingerprint density at radius 3 is 2.86 bits per heavy atom. The van der Waals surface area contributed by atoms with Crippen molar-refractivity contribution in [1.29, 1.82) is 5.26 Å². The smallest absolute Gasteiger partial charge is 0.322 e. The molecule has 0 radical (unpaired) electrons. The molecule has 35 heavy (non-hydrogen) atoms. The number of fused-ring (bicyclic) bond motifs is 1. The Morgan fingerprint density at radius 2 is 2.09 bits per heavy atom. The third-order valence-electron chi connectivity index (χ3n) is 6.12. The molecule has 3 aromatic rings. The van der Waals surface area contributed by atoms with Gasteiger partial charge in [-0.2, -0.15) is 10.2 Å². The summed E-state index contributed by atoms with van der Waals surface area (Å²) in [6, 6.07) is 10.4. The lowest BCUT2D eigenvalue weighted by molar-refractivity contribution is -0.136. The highest BCUT2D eigenvalue weighted by Crippen LogP contribution is 2.30. The molecule has 11 heteroatoms. The normalized spacial score (nSPS) is 17.2. The van der Waals surface area contributed by atoms with Gasteiger partial charge in [0, 0.05) is 35.7 Å². The van der Waals surface area contributed by atoms with Crippen LogP contribution in [-0.2, 0) is 22.7 Å². The molecule has 3 amide bonds. The number of piperidine rings is 1. The minimum Gasteiger partial charge on any atom is -0.334 e. The van der Waals surface area contributed by atoms with Crippen molar-refractivity contribution in [3.05, 3.63) is 63.2 Å². The molecule has 1 unspecified atom stereocenters. The molecule has 2 aliphatic rings. The van der Waals surface area contributed by atoms with Crippen LogP contribution in [0.15, 0.2) is 34.9 Å². The molecule has 0 saturated carbocycles. The molecular weight excluding hydrogens is 472 g/mol. The first-order valence-electron chi connectivity index (χ1n) is 10.9. The Bertz CT molecular complexity index is 1430. The molecule has 2 N–H and O–H groups in total.